The van der Waals surface area contributed by atoms with E-state index in [1.165, 1.54) is 0 Å². The predicted molar refractivity (Wildman–Crippen MR) is 145 cm³/mol. The van der Waals surface area contributed by atoms with E-state index in [1.54, 1.807) is 11.0 Å². The highest BCUT2D eigenvalue weighted by Crippen LogP contribution is 2.22. The lowest BCUT2D eigenvalue weighted by atomic mass is 10.0. The van der Waals surface area contributed by atoms with Gasteiger partial charge in [-0.15, -0.1) is 0 Å². The summed E-state index contributed by atoms with van der Waals surface area (Å²) >= 11 is 6.46. The fraction of sp³-hybridized carbons (Fsp3) is 0.333. The van der Waals surface area contributed by atoms with Crippen LogP contribution in [0.2, 0.25) is 5.02 Å². The first-order chi connectivity index (χ1) is 17.0. The Kier molecular flexibility index (Phi) is 9.16. The summed E-state index contributed by atoms with van der Waals surface area (Å²) in [6.07, 6.45) is 0.364. The quantitative estimate of drug-likeness (QED) is 0.393. The first kappa shape index (κ1) is 27.3. The summed E-state index contributed by atoms with van der Waals surface area (Å²) in [7, 11) is 0. The van der Waals surface area contributed by atoms with E-state index in [4.69, 9.17) is 16.3 Å². The van der Waals surface area contributed by atoms with Gasteiger partial charge in [-0.25, -0.2) is 0 Å². The van der Waals surface area contributed by atoms with Crippen molar-refractivity contribution in [2.24, 2.45) is 0 Å². The Hall–Kier alpha value is -3.31. The van der Waals surface area contributed by atoms with Crippen molar-refractivity contribution in [2.75, 3.05) is 6.61 Å². The molecule has 6 heteroatoms. The third kappa shape index (κ3) is 7.85. The Morgan fingerprint density at radius 1 is 0.944 bits per heavy atom. The van der Waals surface area contributed by atoms with Crippen molar-refractivity contribution in [2.45, 2.75) is 59.2 Å². The zero-order chi connectivity index (χ0) is 26.3. The number of nitrogens with one attached hydrogen (secondary N) is 1. The van der Waals surface area contributed by atoms with Gasteiger partial charge in [0.2, 0.25) is 5.91 Å². The number of amides is 2. The second kappa shape index (κ2) is 12.1. The molecule has 0 radical (unpaired) electrons. The van der Waals surface area contributed by atoms with E-state index in [2.05, 4.69) is 5.32 Å². The Labute approximate surface area is 219 Å². The molecule has 0 aliphatic rings. The van der Waals surface area contributed by atoms with E-state index in [-0.39, 0.29) is 25.0 Å². The highest BCUT2D eigenvalue weighted by Gasteiger charge is 2.32. The summed E-state index contributed by atoms with van der Waals surface area (Å²) in [5.74, 6) is 0.0963. The normalized spacial score (nSPS) is 12.1. The lowest BCUT2D eigenvalue weighted by Gasteiger charge is -2.34. The maximum atomic E-state index is 13.7. The zero-order valence-electron chi connectivity index (χ0n) is 21.7. The second-order valence-corrected chi connectivity index (χ2v) is 10.5. The molecule has 0 bridgehead atoms. The minimum atomic E-state index is -0.751. The molecule has 36 heavy (non-hydrogen) atoms. The minimum Gasteiger partial charge on any atom is -0.484 e. The summed E-state index contributed by atoms with van der Waals surface area (Å²) in [5, 5.41) is 3.60. The molecule has 0 spiro atoms. The van der Waals surface area contributed by atoms with Crippen molar-refractivity contribution in [1.82, 2.24) is 10.2 Å². The van der Waals surface area contributed by atoms with Crippen LogP contribution in [0.25, 0.3) is 0 Å². The molecule has 5 nitrogen and oxygen atoms in total. The van der Waals surface area contributed by atoms with Crippen molar-refractivity contribution in [3.05, 3.63) is 100 Å². The summed E-state index contributed by atoms with van der Waals surface area (Å²) in [4.78, 5) is 28.8. The van der Waals surface area contributed by atoms with Gasteiger partial charge in [0.15, 0.2) is 6.61 Å². The van der Waals surface area contributed by atoms with E-state index in [9.17, 15) is 9.59 Å². The molecule has 0 saturated heterocycles. The largest absolute Gasteiger partial charge is 0.484 e. The van der Waals surface area contributed by atoms with Crippen LogP contribution >= 0.6 is 11.6 Å². The summed E-state index contributed by atoms with van der Waals surface area (Å²) in [6, 6.07) is 22.0. The van der Waals surface area contributed by atoms with Crippen LogP contribution in [0.15, 0.2) is 72.8 Å². The van der Waals surface area contributed by atoms with E-state index < -0.39 is 11.6 Å². The zero-order valence-corrected chi connectivity index (χ0v) is 22.4. The first-order valence-electron chi connectivity index (χ1n) is 12.1. The molecule has 3 aromatic carbocycles. The molecule has 1 atom stereocenters. The van der Waals surface area contributed by atoms with Crippen molar-refractivity contribution in [3.63, 3.8) is 0 Å². The maximum Gasteiger partial charge on any atom is 0.261 e. The smallest absolute Gasteiger partial charge is 0.261 e. The summed E-state index contributed by atoms with van der Waals surface area (Å²) in [6.45, 7) is 9.79. The van der Waals surface area contributed by atoms with Gasteiger partial charge in [-0.2, -0.15) is 0 Å². The molecule has 0 aliphatic carbocycles. The number of halogens is 1. The number of carbonyl (C=O) groups is 2. The van der Waals surface area contributed by atoms with Gasteiger partial charge in [-0.3, -0.25) is 9.59 Å². The molecule has 190 valence electrons. The molecule has 3 aromatic rings. The molecule has 1 N–H and O–H groups in total. The van der Waals surface area contributed by atoms with Crippen LogP contribution in [0.5, 0.6) is 5.75 Å². The third-order valence-electron chi connectivity index (χ3n) is 5.91. The van der Waals surface area contributed by atoms with E-state index in [0.717, 1.165) is 22.3 Å². The SMILES string of the molecule is Cc1ccc(OCC(=O)N(Cc2ccccc2Cl)[C@@H](Cc2ccccc2)C(=O)NC(C)(C)C)cc1C. The lowest BCUT2D eigenvalue weighted by molar-refractivity contribution is -0.143. The Morgan fingerprint density at radius 3 is 2.25 bits per heavy atom. The molecule has 3 rings (SSSR count). The highest BCUT2D eigenvalue weighted by molar-refractivity contribution is 6.31. The standard InChI is InChI=1S/C30H35ClN2O3/c1-21-15-16-25(17-22(21)2)36-20-28(34)33(19-24-13-9-10-14-26(24)31)27(29(35)32-30(3,4)5)18-23-11-7-6-8-12-23/h6-17,27H,18-20H2,1-5H3,(H,32,35)/t27-/m0/s1. The van der Waals surface area contributed by atoms with Crippen LogP contribution in [-0.4, -0.2) is 34.9 Å². The van der Waals surface area contributed by atoms with Crippen LogP contribution in [0.4, 0.5) is 0 Å². The fourth-order valence-corrected chi connectivity index (χ4v) is 4.04. The molecular formula is C30H35ClN2O3. The van der Waals surface area contributed by atoms with Crippen LogP contribution in [0.1, 0.15) is 43.0 Å². The number of hydrogen-bond acceptors (Lipinski definition) is 3. The van der Waals surface area contributed by atoms with Crippen molar-refractivity contribution >= 4 is 23.4 Å². The van der Waals surface area contributed by atoms with Crippen molar-refractivity contribution < 1.29 is 14.3 Å². The first-order valence-corrected chi connectivity index (χ1v) is 12.5. The predicted octanol–water partition coefficient (Wildman–Crippen LogP) is 5.89. The minimum absolute atomic E-state index is 0.184. The number of carbonyl (C=O) groups excluding carboxylic acids is 2. The number of rotatable bonds is 9. The van der Waals surface area contributed by atoms with Crippen LogP contribution in [0, 0.1) is 13.8 Å². The summed E-state index contributed by atoms with van der Waals surface area (Å²) < 4.78 is 5.88. The molecule has 0 aliphatic heterocycles. The Morgan fingerprint density at radius 2 is 1.61 bits per heavy atom. The van der Waals surface area contributed by atoms with Gasteiger partial charge in [0.05, 0.1) is 0 Å². The van der Waals surface area contributed by atoms with Crippen molar-refractivity contribution in [3.8, 4) is 5.75 Å². The number of aryl methyl sites for hydroxylation is 2. The van der Waals surface area contributed by atoms with Gasteiger partial charge in [0, 0.05) is 23.5 Å². The number of benzene rings is 3. The van der Waals surface area contributed by atoms with Gasteiger partial charge in [-0.1, -0.05) is 66.2 Å². The Balaban J connectivity index is 1.94. The van der Waals surface area contributed by atoms with E-state index in [1.807, 2.05) is 101 Å². The molecule has 0 unspecified atom stereocenters. The van der Waals surface area contributed by atoms with Crippen LogP contribution in [-0.2, 0) is 22.6 Å². The highest BCUT2D eigenvalue weighted by atomic mass is 35.5. The molecular weight excluding hydrogens is 472 g/mol. The van der Waals surface area contributed by atoms with Gasteiger partial charge in [-0.05, 0) is 75.1 Å². The molecule has 2 amide bonds. The number of hydrogen-bond donors (Lipinski definition) is 1. The number of ether oxygens (including phenoxy) is 1. The van der Waals surface area contributed by atoms with E-state index >= 15 is 0 Å². The fourth-order valence-electron chi connectivity index (χ4n) is 3.85. The topological polar surface area (TPSA) is 58.6 Å². The van der Waals surface area contributed by atoms with Crippen LogP contribution < -0.4 is 10.1 Å². The Bertz CT molecular complexity index is 1190. The monoisotopic (exact) mass is 506 g/mol. The van der Waals surface area contributed by atoms with Gasteiger partial charge >= 0.3 is 0 Å². The maximum absolute atomic E-state index is 13.7. The summed E-state index contributed by atoms with van der Waals surface area (Å²) in [5.41, 5.74) is 3.50. The van der Waals surface area contributed by atoms with E-state index in [0.29, 0.717) is 17.2 Å². The number of nitrogens with zero attached hydrogens (tertiary/aromatic N) is 1. The average molecular weight is 507 g/mol. The second-order valence-electron chi connectivity index (χ2n) is 10.1. The molecule has 0 fully saturated rings. The van der Waals surface area contributed by atoms with Crippen molar-refractivity contribution in [1.29, 1.82) is 0 Å². The third-order valence-corrected chi connectivity index (χ3v) is 6.28. The molecule has 0 saturated carbocycles. The van der Waals surface area contributed by atoms with Gasteiger partial charge in [0.1, 0.15) is 11.8 Å². The van der Waals surface area contributed by atoms with Gasteiger partial charge in [0.25, 0.3) is 5.91 Å². The molecule has 0 heterocycles. The average Bonchev–Trinajstić information content (AvgIpc) is 2.82. The lowest BCUT2D eigenvalue weighted by Crippen LogP contribution is -2.55. The van der Waals surface area contributed by atoms with Gasteiger partial charge < -0.3 is 15.0 Å². The van der Waals surface area contributed by atoms with Crippen LogP contribution in [0.3, 0.4) is 0 Å². The molecule has 0 aromatic heterocycles.